The van der Waals surface area contributed by atoms with Gasteiger partial charge in [0.2, 0.25) is 5.88 Å². The van der Waals surface area contributed by atoms with E-state index in [1.807, 2.05) is 45.9 Å². The normalized spacial score (nSPS) is 11.1. The fourth-order valence-electron chi connectivity index (χ4n) is 2.93. The standard InChI is InChI=1S/C20H18N4O2S2/c1-10-5-11(2)7-14(6-10)24-19(26)16(17(25)23-20(24)27)9-22-18-15(8-21)12(3)13(4)28-18/h5-7,9,26H,1-4H3,(H,23,25,27). The summed E-state index contributed by atoms with van der Waals surface area (Å²) in [5.41, 5.74) is 3.41. The molecule has 8 heteroatoms. The molecule has 0 saturated heterocycles. The number of benzene rings is 1. The Labute approximate surface area is 171 Å². The zero-order valence-electron chi connectivity index (χ0n) is 15.8. The molecule has 28 heavy (non-hydrogen) atoms. The number of rotatable bonds is 3. The fourth-order valence-corrected chi connectivity index (χ4v) is 4.16. The maximum atomic E-state index is 12.4. The average Bonchev–Trinajstić information content (AvgIpc) is 2.87. The Morgan fingerprint density at radius 1 is 1.25 bits per heavy atom. The molecule has 1 aromatic carbocycles. The fraction of sp³-hybridized carbons (Fsp3) is 0.200. The number of nitrogens with zero attached hydrogens (tertiary/aromatic N) is 3. The van der Waals surface area contributed by atoms with Crippen LogP contribution in [0.2, 0.25) is 0 Å². The van der Waals surface area contributed by atoms with Crippen molar-refractivity contribution >= 4 is 34.8 Å². The van der Waals surface area contributed by atoms with Gasteiger partial charge in [-0.05, 0) is 68.7 Å². The smallest absolute Gasteiger partial charge is 0.264 e. The second kappa shape index (κ2) is 7.54. The molecule has 0 fully saturated rings. The van der Waals surface area contributed by atoms with Crippen molar-refractivity contribution in [1.29, 1.82) is 5.26 Å². The topological polar surface area (TPSA) is 94.2 Å². The summed E-state index contributed by atoms with van der Waals surface area (Å²) in [7, 11) is 0. The highest BCUT2D eigenvalue weighted by Gasteiger charge is 2.15. The molecule has 0 saturated carbocycles. The van der Waals surface area contributed by atoms with Crippen LogP contribution in [-0.2, 0) is 0 Å². The zero-order valence-corrected chi connectivity index (χ0v) is 17.5. The summed E-state index contributed by atoms with van der Waals surface area (Å²) in [6.07, 6.45) is 1.27. The molecule has 0 amide bonds. The van der Waals surface area contributed by atoms with Gasteiger partial charge in [0.1, 0.15) is 16.6 Å². The molecule has 0 atom stereocenters. The van der Waals surface area contributed by atoms with Gasteiger partial charge in [0, 0.05) is 11.1 Å². The van der Waals surface area contributed by atoms with Gasteiger partial charge in [-0.15, -0.1) is 11.3 Å². The van der Waals surface area contributed by atoms with E-state index < -0.39 is 5.56 Å². The van der Waals surface area contributed by atoms with E-state index in [-0.39, 0.29) is 16.2 Å². The van der Waals surface area contributed by atoms with Crippen molar-refractivity contribution in [2.45, 2.75) is 27.7 Å². The first kappa shape index (κ1) is 19.7. The first-order chi connectivity index (χ1) is 13.2. The Hall–Kier alpha value is -3.02. The maximum absolute atomic E-state index is 12.4. The third kappa shape index (κ3) is 3.54. The lowest BCUT2D eigenvalue weighted by Crippen LogP contribution is -2.18. The molecule has 0 spiro atoms. The Kier molecular flexibility index (Phi) is 5.31. The number of hydrogen-bond donors (Lipinski definition) is 2. The largest absolute Gasteiger partial charge is 0.494 e. The quantitative estimate of drug-likeness (QED) is 0.490. The van der Waals surface area contributed by atoms with Crippen LogP contribution in [0.4, 0.5) is 5.00 Å². The maximum Gasteiger partial charge on any atom is 0.264 e. The van der Waals surface area contributed by atoms with Crippen LogP contribution in [0.25, 0.3) is 5.69 Å². The number of aryl methyl sites for hydroxylation is 3. The highest BCUT2D eigenvalue weighted by molar-refractivity contribution is 7.71. The number of aromatic nitrogens is 2. The Bertz CT molecular complexity index is 1250. The predicted molar refractivity (Wildman–Crippen MR) is 114 cm³/mol. The lowest BCUT2D eigenvalue weighted by molar-refractivity contribution is 0.432. The van der Waals surface area contributed by atoms with E-state index >= 15 is 0 Å². The van der Waals surface area contributed by atoms with E-state index in [1.165, 1.54) is 22.1 Å². The van der Waals surface area contributed by atoms with Crippen LogP contribution in [0, 0.1) is 43.8 Å². The van der Waals surface area contributed by atoms with E-state index in [2.05, 4.69) is 16.0 Å². The molecule has 0 aliphatic rings. The Morgan fingerprint density at radius 2 is 1.89 bits per heavy atom. The molecule has 0 aliphatic heterocycles. The van der Waals surface area contributed by atoms with Gasteiger partial charge in [-0.3, -0.25) is 14.3 Å². The highest BCUT2D eigenvalue weighted by Crippen LogP contribution is 2.34. The number of nitriles is 1. The minimum Gasteiger partial charge on any atom is -0.494 e. The first-order valence-electron chi connectivity index (χ1n) is 8.44. The molecule has 2 N–H and O–H groups in total. The van der Waals surface area contributed by atoms with Crippen molar-refractivity contribution in [2.75, 3.05) is 0 Å². The van der Waals surface area contributed by atoms with Crippen molar-refractivity contribution in [3.63, 3.8) is 0 Å². The third-order valence-electron chi connectivity index (χ3n) is 4.37. The van der Waals surface area contributed by atoms with E-state index in [1.54, 1.807) is 0 Å². The second-order valence-corrected chi connectivity index (χ2v) is 8.10. The van der Waals surface area contributed by atoms with Crippen molar-refractivity contribution in [3.8, 4) is 17.6 Å². The van der Waals surface area contributed by atoms with Crippen LogP contribution in [-0.4, -0.2) is 20.9 Å². The molecule has 2 aromatic heterocycles. The van der Waals surface area contributed by atoms with Gasteiger partial charge in [-0.2, -0.15) is 5.26 Å². The second-order valence-electron chi connectivity index (χ2n) is 6.51. The number of hydrogen-bond acceptors (Lipinski definition) is 6. The van der Waals surface area contributed by atoms with Crippen molar-refractivity contribution in [3.05, 3.63) is 66.0 Å². The van der Waals surface area contributed by atoms with E-state index in [9.17, 15) is 15.2 Å². The van der Waals surface area contributed by atoms with Crippen LogP contribution in [0.5, 0.6) is 5.88 Å². The Morgan fingerprint density at radius 3 is 2.50 bits per heavy atom. The number of aliphatic imine (C=N–C) groups is 1. The summed E-state index contributed by atoms with van der Waals surface area (Å²) in [6.45, 7) is 7.64. The average molecular weight is 411 g/mol. The molecule has 6 nitrogen and oxygen atoms in total. The summed E-state index contributed by atoms with van der Waals surface area (Å²) >= 11 is 6.62. The van der Waals surface area contributed by atoms with Crippen LogP contribution in [0.3, 0.4) is 0 Å². The number of H-pyrrole nitrogens is 1. The lowest BCUT2D eigenvalue weighted by Gasteiger charge is -2.12. The summed E-state index contributed by atoms with van der Waals surface area (Å²) in [5.74, 6) is -0.300. The van der Waals surface area contributed by atoms with Gasteiger partial charge in [0.15, 0.2) is 4.77 Å². The van der Waals surface area contributed by atoms with Crippen molar-refractivity contribution in [1.82, 2.24) is 9.55 Å². The molecule has 0 aliphatic carbocycles. The molecule has 0 radical (unpaired) electrons. The molecular weight excluding hydrogens is 392 g/mol. The first-order valence-corrected chi connectivity index (χ1v) is 9.66. The molecular formula is C20H18N4O2S2. The van der Waals surface area contributed by atoms with Gasteiger partial charge in [-0.25, -0.2) is 4.99 Å². The summed E-state index contributed by atoms with van der Waals surface area (Å²) in [5, 5.41) is 20.6. The van der Waals surface area contributed by atoms with Gasteiger partial charge in [0.25, 0.3) is 5.56 Å². The van der Waals surface area contributed by atoms with Gasteiger partial charge in [0.05, 0.1) is 11.3 Å². The van der Waals surface area contributed by atoms with Crippen LogP contribution >= 0.6 is 23.6 Å². The SMILES string of the molecule is Cc1cc(C)cc(-n2c(O)c(C=Nc3sc(C)c(C)c3C#N)c(=O)[nH]c2=S)c1. The van der Waals surface area contributed by atoms with Crippen molar-refractivity contribution < 1.29 is 5.11 Å². The summed E-state index contributed by atoms with van der Waals surface area (Å²) in [6, 6.07) is 7.86. The van der Waals surface area contributed by atoms with Crippen LogP contribution < -0.4 is 5.56 Å². The molecule has 3 rings (SSSR count). The van der Waals surface area contributed by atoms with Crippen LogP contribution in [0.15, 0.2) is 28.0 Å². The monoisotopic (exact) mass is 410 g/mol. The van der Waals surface area contributed by atoms with E-state index in [0.717, 1.165) is 21.6 Å². The highest BCUT2D eigenvalue weighted by atomic mass is 32.1. The van der Waals surface area contributed by atoms with E-state index in [0.29, 0.717) is 16.3 Å². The number of thiophene rings is 1. The predicted octanol–water partition coefficient (Wildman–Crippen LogP) is 4.52. The summed E-state index contributed by atoms with van der Waals surface area (Å²) in [4.78, 5) is 20.2. The van der Waals surface area contributed by atoms with Crippen molar-refractivity contribution in [2.24, 2.45) is 4.99 Å². The van der Waals surface area contributed by atoms with E-state index in [4.69, 9.17) is 12.2 Å². The minimum atomic E-state index is -0.546. The number of nitrogens with one attached hydrogen (secondary N) is 1. The number of aromatic amines is 1. The molecule has 142 valence electrons. The summed E-state index contributed by atoms with van der Waals surface area (Å²) < 4.78 is 1.49. The van der Waals surface area contributed by atoms with Gasteiger partial charge >= 0.3 is 0 Å². The molecule has 0 unspecified atom stereocenters. The van der Waals surface area contributed by atoms with Crippen LogP contribution in [0.1, 0.15) is 32.7 Å². The minimum absolute atomic E-state index is 0.0274. The number of aromatic hydroxyl groups is 1. The Balaban J connectivity index is 2.19. The third-order valence-corrected chi connectivity index (χ3v) is 5.77. The molecule has 3 aromatic rings. The van der Waals surface area contributed by atoms with Gasteiger partial charge < -0.3 is 5.11 Å². The zero-order chi connectivity index (χ0) is 20.6. The van der Waals surface area contributed by atoms with Gasteiger partial charge in [-0.1, -0.05) is 6.07 Å². The lowest BCUT2D eigenvalue weighted by atomic mass is 10.1. The molecule has 0 bridgehead atoms. The molecule has 2 heterocycles.